The number of benzene rings is 2. The molecular weight excluding hydrogens is 236 g/mol. The highest BCUT2D eigenvalue weighted by atomic mass is 16.5. The SMILES string of the molecule is CCOc1ccc(O)c(C(C)(C)c2ccccc2)c1. The molecule has 0 aromatic heterocycles. The lowest BCUT2D eigenvalue weighted by molar-refractivity contribution is 0.338. The van der Waals surface area contributed by atoms with Crippen LogP contribution in [0, 0.1) is 0 Å². The molecule has 0 aliphatic heterocycles. The van der Waals surface area contributed by atoms with Crippen molar-refractivity contribution in [1.29, 1.82) is 0 Å². The van der Waals surface area contributed by atoms with Crippen LogP contribution in [0.15, 0.2) is 48.5 Å². The van der Waals surface area contributed by atoms with Crippen LogP contribution in [0.25, 0.3) is 0 Å². The highest BCUT2D eigenvalue weighted by molar-refractivity contribution is 5.48. The van der Waals surface area contributed by atoms with E-state index < -0.39 is 0 Å². The quantitative estimate of drug-likeness (QED) is 0.891. The molecule has 2 aromatic rings. The molecule has 0 radical (unpaired) electrons. The predicted molar refractivity (Wildman–Crippen MR) is 77.8 cm³/mol. The number of aromatic hydroxyl groups is 1. The van der Waals surface area contributed by atoms with Crippen molar-refractivity contribution >= 4 is 0 Å². The lowest BCUT2D eigenvalue weighted by atomic mass is 9.77. The second kappa shape index (κ2) is 5.35. The first kappa shape index (κ1) is 13.5. The number of hydrogen-bond acceptors (Lipinski definition) is 2. The second-order valence-corrected chi connectivity index (χ2v) is 5.10. The summed E-state index contributed by atoms with van der Waals surface area (Å²) >= 11 is 0. The Morgan fingerprint density at radius 1 is 1.05 bits per heavy atom. The van der Waals surface area contributed by atoms with Crippen molar-refractivity contribution in [1.82, 2.24) is 0 Å². The predicted octanol–water partition coefficient (Wildman–Crippen LogP) is 4.12. The summed E-state index contributed by atoms with van der Waals surface area (Å²) in [5.41, 5.74) is 1.78. The molecule has 0 saturated heterocycles. The molecule has 2 heteroatoms. The van der Waals surface area contributed by atoms with Gasteiger partial charge in [0.25, 0.3) is 0 Å². The zero-order chi connectivity index (χ0) is 13.9. The van der Waals surface area contributed by atoms with Crippen LogP contribution >= 0.6 is 0 Å². The van der Waals surface area contributed by atoms with Gasteiger partial charge in [-0.3, -0.25) is 0 Å². The van der Waals surface area contributed by atoms with E-state index in [1.165, 1.54) is 5.56 Å². The fourth-order valence-electron chi connectivity index (χ4n) is 2.28. The zero-order valence-electron chi connectivity index (χ0n) is 11.7. The first-order valence-electron chi connectivity index (χ1n) is 6.57. The lowest BCUT2D eigenvalue weighted by Crippen LogP contribution is -2.19. The van der Waals surface area contributed by atoms with Gasteiger partial charge in [0, 0.05) is 11.0 Å². The lowest BCUT2D eigenvalue weighted by Gasteiger charge is -2.27. The van der Waals surface area contributed by atoms with E-state index in [1.807, 2.05) is 31.2 Å². The van der Waals surface area contributed by atoms with Gasteiger partial charge in [-0.05, 0) is 30.7 Å². The van der Waals surface area contributed by atoms with Crippen molar-refractivity contribution < 1.29 is 9.84 Å². The van der Waals surface area contributed by atoms with E-state index >= 15 is 0 Å². The molecule has 19 heavy (non-hydrogen) atoms. The molecule has 2 nitrogen and oxygen atoms in total. The van der Waals surface area contributed by atoms with E-state index in [1.54, 1.807) is 12.1 Å². The second-order valence-electron chi connectivity index (χ2n) is 5.10. The molecular formula is C17H20O2. The fraction of sp³-hybridized carbons (Fsp3) is 0.294. The van der Waals surface area contributed by atoms with Crippen LogP contribution < -0.4 is 4.74 Å². The number of phenolic OH excluding ortho intramolecular Hbond substituents is 1. The van der Waals surface area contributed by atoms with Crippen molar-refractivity contribution in [3.8, 4) is 11.5 Å². The van der Waals surface area contributed by atoms with Gasteiger partial charge < -0.3 is 9.84 Å². The Morgan fingerprint density at radius 3 is 2.37 bits per heavy atom. The van der Waals surface area contributed by atoms with Crippen LogP contribution in [0.3, 0.4) is 0 Å². The van der Waals surface area contributed by atoms with E-state index in [0.29, 0.717) is 12.4 Å². The third kappa shape index (κ3) is 2.73. The van der Waals surface area contributed by atoms with E-state index in [9.17, 15) is 5.11 Å². The Kier molecular flexibility index (Phi) is 3.79. The first-order chi connectivity index (χ1) is 9.05. The summed E-state index contributed by atoms with van der Waals surface area (Å²) in [6.45, 7) is 6.78. The van der Waals surface area contributed by atoms with E-state index in [0.717, 1.165) is 11.3 Å². The Balaban J connectivity index is 2.47. The van der Waals surface area contributed by atoms with Gasteiger partial charge in [-0.15, -0.1) is 0 Å². The van der Waals surface area contributed by atoms with Gasteiger partial charge in [-0.25, -0.2) is 0 Å². The zero-order valence-corrected chi connectivity index (χ0v) is 11.7. The molecule has 2 rings (SSSR count). The third-order valence-electron chi connectivity index (χ3n) is 3.45. The van der Waals surface area contributed by atoms with Crippen molar-refractivity contribution in [2.75, 3.05) is 6.61 Å². The van der Waals surface area contributed by atoms with E-state index in [2.05, 4.69) is 26.0 Å². The molecule has 100 valence electrons. The molecule has 0 spiro atoms. The average molecular weight is 256 g/mol. The molecule has 2 aromatic carbocycles. The van der Waals surface area contributed by atoms with Crippen molar-refractivity contribution in [3.05, 3.63) is 59.7 Å². The van der Waals surface area contributed by atoms with Crippen LogP contribution in [0.2, 0.25) is 0 Å². The van der Waals surface area contributed by atoms with Crippen LogP contribution in [0.1, 0.15) is 31.9 Å². The monoisotopic (exact) mass is 256 g/mol. The Hall–Kier alpha value is -1.96. The fourth-order valence-corrected chi connectivity index (χ4v) is 2.28. The number of rotatable bonds is 4. The van der Waals surface area contributed by atoms with E-state index in [-0.39, 0.29) is 5.41 Å². The molecule has 0 bridgehead atoms. The van der Waals surface area contributed by atoms with Crippen LogP contribution in [0.4, 0.5) is 0 Å². The smallest absolute Gasteiger partial charge is 0.119 e. The van der Waals surface area contributed by atoms with Crippen molar-refractivity contribution in [2.24, 2.45) is 0 Å². The summed E-state index contributed by atoms with van der Waals surface area (Å²) in [5.74, 6) is 1.09. The highest BCUT2D eigenvalue weighted by Crippen LogP contribution is 2.38. The minimum absolute atomic E-state index is 0.265. The summed E-state index contributed by atoms with van der Waals surface area (Å²) < 4.78 is 5.52. The van der Waals surface area contributed by atoms with Crippen molar-refractivity contribution in [3.63, 3.8) is 0 Å². The number of hydrogen-bond donors (Lipinski definition) is 1. The largest absolute Gasteiger partial charge is 0.508 e. The standard InChI is InChI=1S/C17H20O2/c1-4-19-14-10-11-16(18)15(12-14)17(2,3)13-8-6-5-7-9-13/h5-12,18H,4H2,1-3H3. The van der Waals surface area contributed by atoms with E-state index in [4.69, 9.17) is 4.74 Å². The minimum Gasteiger partial charge on any atom is -0.508 e. The first-order valence-corrected chi connectivity index (χ1v) is 6.57. The Bertz CT molecular complexity index is 544. The van der Waals surface area contributed by atoms with Gasteiger partial charge in [-0.2, -0.15) is 0 Å². The summed E-state index contributed by atoms with van der Waals surface area (Å²) in [4.78, 5) is 0. The Labute approximate surface area is 114 Å². The van der Waals surface area contributed by atoms with Crippen LogP contribution in [-0.2, 0) is 5.41 Å². The maximum Gasteiger partial charge on any atom is 0.119 e. The van der Waals surface area contributed by atoms with Crippen LogP contribution in [0.5, 0.6) is 11.5 Å². The molecule has 1 N–H and O–H groups in total. The summed E-state index contributed by atoms with van der Waals surface area (Å²) in [6, 6.07) is 15.6. The normalized spacial score (nSPS) is 11.3. The molecule has 0 saturated carbocycles. The molecule has 0 aliphatic rings. The number of phenols is 1. The van der Waals surface area contributed by atoms with Gasteiger partial charge in [0.2, 0.25) is 0 Å². The average Bonchev–Trinajstić information content (AvgIpc) is 2.42. The Morgan fingerprint density at radius 2 is 1.74 bits per heavy atom. The number of ether oxygens (including phenoxy) is 1. The van der Waals surface area contributed by atoms with Gasteiger partial charge in [0.05, 0.1) is 6.61 Å². The summed E-state index contributed by atoms with van der Waals surface area (Å²) in [6.07, 6.45) is 0. The maximum atomic E-state index is 10.1. The van der Waals surface area contributed by atoms with Gasteiger partial charge >= 0.3 is 0 Å². The highest BCUT2D eigenvalue weighted by Gasteiger charge is 2.26. The summed E-state index contributed by atoms with van der Waals surface area (Å²) in [7, 11) is 0. The summed E-state index contributed by atoms with van der Waals surface area (Å²) in [5, 5.41) is 10.1. The molecule has 0 heterocycles. The molecule has 0 atom stereocenters. The van der Waals surface area contributed by atoms with Gasteiger partial charge in [0.1, 0.15) is 11.5 Å². The van der Waals surface area contributed by atoms with Gasteiger partial charge in [-0.1, -0.05) is 44.2 Å². The van der Waals surface area contributed by atoms with Gasteiger partial charge in [0.15, 0.2) is 0 Å². The minimum atomic E-state index is -0.265. The topological polar surface area (TPSA) is 29.5 Å². The maximum absolute atomic E-state index is 10.1. The molecule has 0 fully saturated rings. The van der Waals surface area contributed by atoms with Crippen LogP contribution in [-0.4, -0.2) is 11.7 Å². The third-order valence-corrected chi connectivity index (χ3v) is 3.45. The van der Waals surface area contributed by atoms with Crippen molar-refractivity contribution in [2.45, 2.75) is 26.2 Å². The molecule has 0 unspecified atom stereocenters. The molecule has 0 amide bonds. The molecule has 0 aliphatic carbocycles.